The summed E-state index contributed by atoms with van der Waals surface area (Å²) in [7, 11) is 3.53. The molecule has 19 heavy (non-hydrogen) atoms. The molecule has 2 aromatic rings. The van der Waals surface area contributed by atoms with Crippen LogP contribution in [0.3, 0.4) is 0 Å². The van der Waals surface area contributed by atoms with E-state index in [-0.39, 0.29) is 5.91 Å². The van der Waals surface area contributed by atoms with Gasteiger partial charge in [0.05, 0.1) is 6.20 Å². The fourth-order valence-corrected chi connectivity index (χ4v) is 1.97. The molecule has 0 radical (unpaired) electrons. The summed E-state index contributed by atoms with van der Waals surface area (Å²) < 4.78 is 1.77. The Morgan fingerprint density at radius 3 is 2.84 bits per heavy atom. The summed E-state index contributed by atoms with van der Waals surface area (Å²) in [6.07, 6.45) is 3.79. The summed E-state index contributed by atoms with van der Waals surface area (Å²) in [4.78, 5) is 11.7. The molecule has 0 fully saturated rings. The minimum absolute atomic E-state index is 0.0671. The van der Waals surface area contributed by atoms with Crippen molar-refractivity contribution in [3.05, 3.63) is 47.3 Å². The Morgan fingerprint density at radius 2 is 2.21 bits per heavy atom. The van der Waals surface area contributed by atoms with Crippen molar-refractivity contribution in [2.24, 2.45) is 7.05 Å². The molecule has 1 aromatic carbocycles. The lowest BCUT2D eigenvalue weighted by Gasteiger charge is -2.12. The Kier molecular flexibility index (Phi) is 3.85. The molecule has 0 bridgehead atoms. The van der Waals surface area contributed by atoms with E-state index in [4.69, 9.17) is 0 Å². The number of carbonyl (C=O) groups excluding carboxylic acids is 1. The second kappa shape index (κ2) is 5.56. The van der Waals surface area contributed by atoms with Crippen LogP contribution in [0, 0.1) is 6.92 Å². The molecule has 2 rings (SSSR count). The first-order valence-electron chi connectivity index (χ1n) is 6.15. The molecule has 1 amide bonds. The number of aromatic nitrogens is 2. The molecule has 0 spiro atoms. The summed E-state index contributed by atoms with van der Waals surface area (Å²) in [5.41, 5.74) is 3.71. The van der Waals surface area contributed by atoms with Gasteiger partial charge in [-0.2, -0.15) is 5.10 Å². The van der Waals surface area contributed by atoms with Crippen molar-refractivity contribution in [1.29, 1.82) is 0 Å². The van der Waals surface area contributed by atoms with Crippen LogP contribution in [0.15, 0.2) is 30.6 Å². The fourth-order valence-electron chi connectivity index (χ4n) is 1.97. The van der Waals surface area contributed by atoms with Gasteiger partial charge in [0.2, 0.25) is 0 Å². The molecule has 0 atom stereocenters. The molecule has 5 heteroatoms. The Balaban J connectivity index is 2.14. The zero-order valence-corrected chi connectivity index (χ0v) is 11.4. The summed E-state index contributed by atoms with van der Waals surface area (Å²) in [6, 6.07) is 5.67. The highest BCUT2D eigenvalue weighted by Crippen LogP contribution is 2.19. The van der Waals surface area contributed by atoms with E-state index < -0.39 is 0 Å². The van der Waals surface area contributed by atoms with E-state index in [1.165, 1.54) is 0 Å². The predicted octanol–water partition coefficient (Wildman–Crippen LogP) is 1.70. The summed E-state index contributed by atoms with van der Waals surface area (Å²) >= 11 is 0. The molecular weight excluding hydrogens is 240 g/mol. The SMILES string of the molecule is CNC(=O)c1cccc(NCc2cnn(C)c2)c1C. The number of aryl methyl sites for hydroxylation is 1. The maximum Gasteiger partial charge on any atom is 0.251 e. The molecular formula is C14H18N4O. The largest absolute Gasteiger partial charge is 0.381 e. The molecule has 1 aromatic heterocycles. The van der Waals surface area contributed by atoms with Gasteiger partial charge in [-0.3, -0.25) is 9.48 Å². The lowest BCUT2D eigenvalue weighted by Crippen LogP contribution is -2.19. The average Bonchev–Trinajstić information content (AvgIpc) is 2.82. The van der Waals surface area contributed by atoms with Crippen LogP contribution in [0.5, 0.6) is 0 Å². The van der Waals surface area contributed by atoms with Crippen molar-refractivity contribution in [2.45, 2.75) is 13.5 Å². The number of rotatable bonds is 4. The topological polar surface area (TPSA) is 59.0 Å². The Labute approximate surface area is 112 Å². The lowest BCUT2D eigenvalue weighted by atomic mass is 10.1. The van der Waals surface area contributed by atoms with Crippen LogP contribution in [0.2, 0.25) is 0 Å². The molecule has 2 N–H and O–H groups in total. The van der Waals surface area contributed by atoms with Gasteiger partial charge in [-0.05, 0) is 24.6 Å². The van der Waals surface area contributed by atoms with Gasteiger partial charge in [-0.15, -0.1) is 0 Å². The number of hydrogen-bond donors (Lipinski definition) is 2. The minimum atomic E-state index is -0.0671. The Hall–Kier alpha value is -2.30. The third-order valence-corrected chi connectivity index (χ3v) is 3.05. The fraction of sp³-hybridized carbons (Fsp3) is 0.286. The molecule has 0 aliphatic rings. The van der Waals surface area contributed by atoms with Crippen LogP contribution in [-0.2, 0) is 13.6 Å². The summed E-state index contributed by atoms with van der Waals surface area (Å²) in [6.45, 7) is 2.63. The molecule has 0 aliphatic carbocycles. The predicted molar refractivity (Wildman–Crippen MR) is 75.1 cm³/mol. The van der Waals surface area contributed by atoms with Gasteiger partial charge in [-0.25, -0.2) is 0 Å². The number of benzene rings is 1. The second-order valence-corrected chi connectivity index (χ2v) is 4.43. The minimum Gasteiger partial charge on any atom is -0.381 e. The van der Waals surface area contributed by atoms with Crippen molar-refractivity contribution in [3.8, 4) is 0 Å². The zero-order chi connectivity index (χ0) is 13.8. The molecule has 5 nitrogen and oxygen atoms in total. The van der Waals surface area contributed by atoms with Gasteiger partial charge in [0.15, 0.2) is 0 Å². The number of hydrogen-bond acceptors (Lipinski definition) is 3. The van der Waals surface area contributed by atoms with Crippen LogP contribution >= 0.6 is 0 Å². The number of amides is 1. The van der Waals surface area contributed by atoms with Gasteiger partial charge in [0.25, 0.3) is 5.91 Å². The first kappa shape index (κ1) is 13.1. The van der Waals surface area contributed by atoms with E-state index in [1.54, 1.807) is 11.7 Å². The van der Waals surface area contributed by atoms with E-state index in [0.717, 1.165) is 16.8 Å². The molecule has 0 unspecified atom stereocenters. The molecule has 0 saturated heterocycles. The normalized spacial score (nSPS) is 10.3. The second-order valence-electron chi connectivity index (χ2n) is 4.43. The van der Waals surface area contributed by atoms with Crippen LogP contribution in [-0.4, -0.2) is 22.7 Å². The number of carbonyl (C=O) groups is 1. The van der Waals surface area contributed by atoms with Crippen LogP contribution in [0.4, 0.5) is 5.69 Å². The van der Waals surface area contributed by atoms with E-state index in [2.05, 4.69) is 15.7 Å². The molecule has 100 valence electrons. The number of anilines is 1. The maximum atomic E-state index is 11.7. The van der Waals surface area contributed by atoms with E-state index in [9.17, 15) is 4.79 Å². The van der Waals surface area contributed by atoms with E-state index >= 15 is 0 Å². The third-order valence-electron chi connectivity index (χ3n) is 3.05. The van der Waals surface area contributed by atoms with Crippen molar-refractivity contribution >= 4 is 11.6 Å². The quantitative estimate of drug-likeness (QED) is 0.877. The number of nitrogens with zero attached hydrogens (tertiary/aromatic N) is 2. The van der Waals surface area contributed by atoms with Gasteiger partial charge in [-0.1, -0.05) is 6.07 Å². The van der Waals surface area contributed by atoms with Gasteiger partial charge >= 0.3 is 0 Å². The number of nitrogens with one attached hydrogen (secondary N) is 2. The van der Waals surface area contributed by atoms with Gasteiger partial charge < -0.3 is 10.6 Å². The third kappa shape index (κ3) is 2.93. The Bertz CT molecular complexity index is 589. The highest BCUT2D eigenvalue weighted by atomic mass is 16.1. The van der Waals surface area contributed by atoms with Crippen molar-refractivity contribution < 1.29 is 4.79 Å². The van der Waals surface area contributed by atoms with Crippen molar-refractivity contribution in [1.82, 2.24) is 15.1 Å². The van der Waals surface area contributed by atoms with Crippen LogP contribution < -0.4 is 10.6 Å². The first-order chi connectivity index (χ1) is 9.11. The molecule has 0 saturated carbocycles. The highest BCUT2D eigenvalue weighted by molar-refractivity contribution is 5.96. The highest BCUT2D eigenvalue weighted by Gasteiger charge is 2.09. The monoisotopic (exact) mass is 258 g/mol. The smallest absolute Gasteiger partial charge is 0.251 e. The summed E-state index contributed by atoms with van der Waals surface area (Å²) in [5.74, 6) is -0.0671. The van der Waals surface area contributed by atoms with Gasteiger partial charge in [0, 0.05) is 43.7 Å². The van der Waals surface area contributed by atoms with Gasteiger partial charge in [0.1, 0.15) is 0 Å². The maximum absolute atomic E-state index is 11.7. The first-order valence-corrected chi connectivity index (χ1v) is 6.15. The van der Waals surface area contributed by atoms with Crippen molar-refractivity contribution in [2.75, 3.05) is 12.4 Å². The average molecular weight is 258 g/mol. The van der Waals surface area contributed by atoms with E-state index in [0.29, 0.717) is 12.1 Å². The summed E-state index contributed by atoms with van der Waals surface area (Å²) in [5, 5.41) is 10.1. The zero-order valence-electron chi connectivity index (χ0n) is 11.4. The Morgan fingerprint density at radius 1 is 1.42 bits per heavy atom. The molecule has 1 heterocycles. The van der Waals surface area contributed by atoms with E-state index in [1.807, 2.05) is 44.6 Å². The lowest BCUT2D eigenvalue weighted by molar-refractivity contribution is 0.0962. The standard InChI is InChI=1S/C14H18N4O/c1-10-12(14(19)15-2)5-4-6-13(10)16-7-11-8-17-18(3)9-11/h4-6,8-9,16H,7H2,1-3H3,(H,15,19). The van der Waals surface area contributed by atoms with Crippen LogP contribution in [0.25, 0.3) is 0 Å². The van der Waals surface area contributed by atoms with Crippen LogP contribution in [0.1, 0.15) is 21.5 Å². The molecule has 0 aliphatic heterocycles. The van der Waals surface area contributed by atoms with Crippen molar-refractivity contribution in [3.63, 3.8) is 0 Å².